The fourth-order valence-electron chi connectivity index (χ4n) is 2.23. The number of methoxy groups -OCH3 is 1. The third-order valence-electron chi connectivity index (χ3n) is 3.52. The van der Waals surface area contributed by atoms with Crippen LogP contribution in [0.2, 0.25) is 0 Å². The van der Waals surface area contributed by atoms with E-state index < -0.39 is 17.9 Å². The average Bonchev–Trinajstić information content (AvgIpc) is 2.92. The van der Waals surface area contributed by atoms with E-state index >= 15 is 0 Å². The third-order valence-corrected chi connectivity index (χ3v) is 4.01. The third kappa shape index (κ3) is 4.21. The molecule has 0 aliphatic heterocycles. The number of carboxylic acid groups (broad SMARTS) is 1. The second-order valence-electron chi connectivity index (χ2n) is 5.18. The Labute approximate surface area is 147 Å². The Morgan fingerprint density at radius 1 is 1.46 bits per heavy atom. The lowest BCUT2D eigenvalue weighted by Crippen LogP contribution is -2.41. The van der Waals surface area contributed by atoms with Gasteiger partial charge in [-0.05, 0) is 25.1 Å². The van der Waals surface area contributed by atoms with Gasteiger partial charge in [0.2, 0.25) is 0 Å². The molecule has 1 aromatic carbocycles. The normalized spacial score (nSPS) is 12.0. The van der Waals surface area contributed by atoms with Crippen LogP contribution in [0.1, 0.15) is 22.5 Å². The van der Waals surface area contributed by atoms with Crippen LogP contribution in [-0.4, -0.2) is 46.5 Å². The molecule has 2 rings (SSSR count). The molecule has 1 amide bonds. The molecule has 128 valence electrons. The van der Waals surface area contributed by atoms with E-state index in [-0.39, 0.29) is 13.0 Å². The minimum atomic E-state index is -1.10. The summed E-state index contributed by atoms with van der Waals surface area (Å²) in [6, 6.07) is 6.49. The number of nitrogens with zero attached hydrogens (tertiary/aromatic N) is 2. The Kier molecular flexibility index (Phi) is 6.10. The topological polar surface area (TPSA) is 93.5 Å². The molecule has 0 saturated carbocycles. The van der Waals surface area contributed by atoms with Crippen LogP contribution in [0.4, 0.5) is 0 Å². The van der Waals surface area contributed by atoms with Crippen LogP contribution in [0.5, 0.6) is 0 Å². The van der Waals surface area contributed by atoms with Crippen LogP contribution < -0.4 is 5.32 Å². The number of amides is 1. The number of carboxylic acids is 1. The lowest BCUT2D eigenvalue weighted by atomic mass is 10.2. The van der Waals surface area contributed by atoms with Gasteiger partial charge in [0.15, 0.2) is 0 Å². The summed E-state index contributed by atoms with van der Waals surface area (Å²) in [5, 5.41) is 15.9. The van der Waals surface area contributed by atoms with Gasteiger partial charge in [-0.3, -0.25) is 4.79 Å². The number of nitrogens with one attached hydrogen (secondary N) is 1. The number of benzene rings is 1. The van der Waals surface area contributed by atoms with E-state index in [2.05, 4.69) is 26.3 Å². The van der Waals surface area contributed by atoms with Crippen molar-refractivity contribution in [2.45, 2.75) is 19.4 Å². The largest absolute Gasteiger partial charge is 0.480 e. The number of hydrogen-bond acceptors (Lipinski definition) is 4. The van der Waals surface area contributed by atoms with Crippen LogP contribution in [0.15, 0.2) is 34.9 Å². The summed E-state index contributed by atoms with van der Waals surface area (Å²) in [4.78, 5) is 23.6. The Morgan fingerprint density at radius 2 is 2.21 bits per heavy atom. The molecular formula is C16H18BrN3O4. The monoisotopic (exact) mass is 395 g/mol. The molecule has 0 fully saturated rings. The van der Waals surface area contributed by atoms with Gasteiger partial charge in [-0.1, -0.05) is 22.0 Å². The van der Waals surface area contributed by atoms with Crippen molar-refractivity contribution >= 4 is 27.8 Å². The molecular weight excluding hydrogens is 378 g/mol. The molecule has 0 radical (unpaired) electrons. The fraction of sp³-hybridized carbons (Fsp3) is 0.312. The second-order valence-corrected chi connectivity index (χ2v) is 6.10. The fourth-order valence-corrected chi connectivity index (χ4v) is 2.62. The number of halogens is 1. The van der Waals surface area contributed by atoms with Crippen molar-refractivity contribution in [3.63, 3.8) is 0 Å². The van der Waals surface area contributed by atoms with E-state index in [1.54, 1.807) is 11.6 Å². The van der Waals surface area contributed by atoms with Crippen LogP contribution in [0.3, 0.4) is 0 Å². The molecule has 0 aliphatic rings. The van der Waals surface area contributed by atoms with Gasteiger partial charge in [0, 0.05) is 24.6 Å². The lowest BCUT2D eigenvalue weighted by Gasteiger charge is -2.14. The molecule has 2 N–H and O–H groups in total. The first-order chi connectivity index (χ1) is 11.4. The average molecular weight is 396 g/mol. The van der Waals surface area contributed by atoms with Gasteiger partial charge < -0.3 is 15.2 Å². The van der Waals surface area contributed by atoms with Gasteiger partial charge in [0.1, 0.15) is 6.04 Å². The zero-order chi connectivity index (χ0) is 17.7. The summed E-state index contributed by atoms with van der Waals surface area (Å²) in [6.07, 6.45) is 1.62. The Bertz CT molecular complexity index is 745. The van der Waals surface area contributed by atoms with Crippen molar-refractivity contribution in [2.75, 3.05) is 13.7 Å². The Morgan fingerprint density at radius 3 is 2.83 bits per heavy atom. The molecule has 0 spiro atoms. The van der Waals surface area contributed by atoms with Gasteiger partial charge in [-0.25, -0.2) is 9.48 Å². The van der Waals surface area contributed by atoms with Gasteiger partial charge in [-0.15, -0.1) is 0 Å². The van der Waals surface area contributed by atoms with Crippen molar-refractivity contribution in [1.82, 2.24) is 15.1 Å². The summed E-state index contributed by atoms with van der Waals surface area (Å²) in [6.45, 7) is 2.00. The maximum absolute atomic E-state index is 12.4. The highest BCUT2D eigenvalue weighted by atomic mass is 79.9. The number of aromatic nitrogens is 2. The van der Waals surface area contributed by atoms with Gasteiger partial charge in [0.05, 0.1) is 23.1 Å². The minimum Gasteiger partial charge on any atom is -0.480 e. The van der Waals surface area contributed by atoms with E-state index in [0.29, 0.717) is 11.3 Å². The van der Waals surface area contributed by atoms with Crippen molar-refractivity contribution in [3.8, 4) is 5.69 Å². The van der Waals surface area contributed by atoms with Crippen LogP contribution in [0, 0.1) is 6.92 Å². The Hall–Kier alpha value is -2.19. The molecule has 1 aromatic heterocycles. The van der Waals surface area contributed by atoms with E-state index in [4.69, 9.17) is 4.74 Å². The number of carbonyl (C=O) groups excluding carboxylic acids is 1. The highest BCUT2D eigenvalue weighted by Gasteiger charge is 2.23. The van der Waals surface area contributed by atoms with E-state index in [0.717, 1.165) is 10.2 Å². The molecule has 7 nitrogen and oxygen atoms in total. The number of aliphatic carboxylic acids is 1. The summed E-state index contributed by atoms with van der Waals surface area (Å²) in [5.74, 6) is -1.57. The second kappa shape index (κ2) is 8.07. The van der Waals surface area contributed by atoms with Crippen molar-refractivity contribution in [2.24, 2.45) is 0 Å². The number of hydrogen-bond donors (Lipinski definition) is 2. The van der Waals surface area contributed by atoms with E-state index in [9.17, 15) is 14.7 Å². The molecule has 0 aliphatic carbocycles. The van der Waals surface area contributed by atoms with Gasteiger partial charge in [-0.2, -0.15) is 5.10 Å². The van der Waals surface area contributed by atoms with Gasteiger partial charge in [0.25, 0.3) is 5.91 Å². The molecule has 1 atom stereocenters. The van der Waals surface area contributed by atoms with Crippen molar-refractivity contribution < 1.29 is 19.4 Å². The number of carbonyl (C=O) groups is 2. The van der Waals surface area contributed by atoms with Gasteiger partial charge >= 0.3 is 5.97 Å². The highest BCUT2D eigenvalue weighted by Crippen LogP contribution is 2.18. The predicted octanol–water partition coefficient (Wildman–Crippen LogP) is 2.16. The Balaban J connectivity index is 2.20. The van der Waals surface area contributed by atoms with Crippen molar-refractivity contribution in [3.05, 3.63) is 46.2 Å². The molecule has 2 aromatic rings. The molecule has 1 unspecified atom stereocenters. The highest BCUT2D eigenvalue weighted by molar-refractivity contribution is 9.10. The summed E-state index contributed by atoms with van der Waals surface area (Å²) >= 11 is 3.39. The zero-order valence-corrected chi connectivity index (χ0v) is 14.9. The predicted molar refractivity (Wildman–Crippen MR) is 91.4 cm³/mol. The molecule has 8 heteroatoms. The number of ether oxygens (including phenoxy) is 1. The summed E-state index contributed by atoms with van der Waals surface area (Å²) < 4.78 is 7.40. The first kappa shape index (κ1) is 18.2. The van der Waals surface area contributed by atoms with E-state index in [1.165, 1.54) is 13.3 Å². The summed E-state index contributed by atoms with van der Waals surface area (Å²) in [5.41, 5.74) is 1.76. The maximum atomic E-state index is 12.4. The maximum Gasteiger partial charge on any atom is 0.326 e. The standard InChI is InChI=1S/C16H18BrN3O4/c1-10-13(15(21)19-14(16(22)23)6-7-24-2)9-18-20(10)12-5-3-4-11(17)8-12/h3-5,8-9,14H,6-7H2,1-2H3,(H,19,21)(H,22,23). The SMILES string of the molecule is COCCC(NC(=O)c1cnn(-c2cccc(Br)c2)c1C)C(=O)O. The first-order valence-electron chi connectivity index (χ1n) is 7.27. The smallest absolute Gasteiger partial charge is 0.326 e. The minimum absolute atomic E-state index is 0.191. The lowest BCUT2D eigenvalue weighted by molar-refractivity contribution is -0.139. The first-order valence-corrected chi connectivity index (χ1v) is 8.06. The quantitative estimate of drug-likeness (QED) is 0.748. The molecule has 0 saturated heterocycles. The summed E-state index contributed by atoms with van der Waals surface area (Å²) in [7, 11) is 1.48. The van der Waals surface area contributed by atoms with Crippen LogP contribution >= 0.6 is 15.9 Å². The molecule has 1 heterocycles. The molecule has 0 bridgehead atoms. The zero-order valence-electron chi connectivity index (χ0n) is 13.3. The van der Waals surface area contributed by atoms with Crippen molar-refractivity contribution in [1.29, 1.82) is 0 Å². The van der Waals surface area contributed by atoms with Crippen LogP contribution in [0.25, 0.3) is 5.69 Å². The molecule has 24 heavy (non-hydrogen) atoms. The van der Waals surface area contributed by atoms with Crippen LogP contribution in [-0.2, 0) is 9.53 Å². The van der Waals surface area contributed by atoms with E-state index in [1.807, 2.05) is 24.3 Å². The number of rotatable bonds is 7.